The van der Waals surface area contributed by atoms with Gasteiger partial charge in [0.2, 0.25) is 0 Å². The summed E-state index contributed by atoms with van der Waals surface area (Å²) < 4.78 is 0. The highest BCUT2D eigenvalue weighted by Crippen LogP contribution is 2.61. The summed E-state index contributed by atoms with van der Waals surface area (Å²) in [5.41, 5.74) is 6.02. The van der Waals surface area contributed by atoms with Gasteiger partial charge in [0.05, 0.1) is 24.6 Å². The van der Waals surface area contributed by atoms with Crippen molar-refractivity contribution in [2.75, 3.05) is 24.6 Å². The first-order chi connectivity index (χ1) is 20.3. The first kappa shape index (κ1) is 31.3. The third-order valence-electron chi connectivity index (χ3n) is 8.76. The third kappa shape index (κ3) is 12.4. The van der Waals surface area contributed by atoms with Crippen LogP contribution in [0.4, 0.5) is 0 Å². The molecule has 4 rings (SSSR count). The zero-order chi connectivity index (χ0) is 28.3. The van der Waals surface area contributed by atoms with Crippen LogP contribution in [-0.4, -0.2) is 24.6 Å². The van der Waals surface area contributed by atoms with E-state index in [1.165, 1.54) is 124 Å². The van der Waals surface area contributed by atoms with Crippen LogP contribution in [0, 0.1) is 0 Å². The summed E-state index contributed by atoms with van der Waals surface area (Å²) in [4.78, 5) is 0. The van der Waals surface area contributed by atoms with E-state index in [0.29, 0.717) is 0 Å². The van der Waals surface area contributed by atoms with Gasteiger partial charge in [0.15, 0.2) is 0 Å². The molecule has 0 amide bonds. The summed E-state index contributed by atoms with van der Waals surface area (Å²) in [6, 6.07) is 44.5. The third-order valence-corrected chi connectivity index (χ3v) is 13.8. The molecule has 0 heterocycles. The van der Waals surface area contributed by atoms with Crippen LogP contribution in [0.5, 0.6) is 0 Å². The number of aryl methyl sites for hydroxylation is 4. The molecule has 0 bridgehead atoms. The SMILES string of the molecule is c1ccc(CCCC[P+](CCCCc2ccccc2)(CCCCc2ccccc2)CCCCc2ccccc2)cc1. The molecular formula is C40H52P+. The molecule has 0 N–H and O–H groups in total. The highest BCUT2D eigenvalue weighted by molar-refractivity contribution is 7.75. The fourth-order valence-electron chi connectivity index (χ4n) is 6.35. The van der Waals surface area contributed by atoms with Crippen molar-refractivity contribution in [3.63, 3.8) is 0 Å². The molecule has 0 nitrogen and oxygen atoms in total. The van der Waals surface area contributed by atoms with Gasteiger partial charge in [0.1, 0.15) is 0 Å². The van der Waals surface area contributed by atoms with Crippen molar-refractivity contribution in [3.05, 3.63) is 144 Å². The smallest absolute Gasteiger partial charge is 0.0594 e. The molecule has 216 valence electrons. The average Bonchev–Trinajstić information content (AvgIpc) is 3.04. The van der Waals surface area contributed by atoms with Crippen LogP contribution in [0.25, 0.3) is 0 Å². The van der Waals surface area contributed by atoms with Crippen LogP contribution in [0.3, 0.4) is 0 Å². The van der Waals surface area contributed by atoms with Crippen molar-refractivity contribution in [2.24, 2.45) is 0 Å². The number of benzene rings is 4. The van der Waals surface area contributed by atoms with E-state index in [4.69, 9.17) is 0 Å². The van der Waals surface area contributed by atoms with Crippen molar-refractivity contribution < 1.29 is 0 Å². The van der Waals surface area contributed by atoms with E-state index < -0.39 is 7.26 Å². The van der Waals surface area contributed by atoms with Gasteiger partial charge < -0.3 is 0 Å². The van der Waals surface area contributed by atoms with Crippen LogP contribution in [-0.2, 0) is 25.7 Å². The zero-order valence-electron chi connectivity index (χ0n) is 25.3. The fourth-order valence-corrected chi connectivity index (χ4v) is 11.3. The van der Waals surface area contributed by atoms with E-state index in [1.54, 1.807) is 0 Å². The molecular weight excluding hydrogens is 511 g/mol. The second kappa shape index (κ2) is 18.7. The van der Waals surface area contributed by atoms with Crippen LogP contribution in [0.15, 0.2) is 121 Å². The normalized spacial score (nSPS) is 11.5. The lowest BCUT2D eigenvalue weighted by molar-refractivity contribution is 0.746. The first-order valence-electron chi connectivity index (χ1n) is 16.3. The van der Waals surface area contributed by atoms with Gasteiger partial charge in [-0.15, -0.1) is 0 Å². The second-order valence-corrected chi connectivity index (χ2v) is 16.5. The molecule has 0 fully saturated rings. The summed E-state index contributed by atoms with van der Waals surface area (Å²) in [5.74, 6) is 0. The Morgan fingerprint density at radius 3 is 0.707 bits per heavy atom. The molecule has 41 heavy (non-hydrogen) atoms. The summed E-state index contributed by atoms with van der Waals surface area (Å²) in [6.07, 6.45) is 21.9. The number of rotatable bonds is 20. The van der Waals surface area contributed by atoms with Gasteiger partial charge in [-0.3, -0.25) is 0 Å². The van der Waals surface area contributed by atoms with E-state index in [1.807, 2.05) is 0 Å². The van der Waals surface area contributed by atoms with Crippen molar-refractivity contribution in [1.82, 2.24) is 0 Å². The maximum atomic E-state index is 2.30. The maximum Gasteiger partial charge on any atom is 0.0594 e. The van der Waals surface area contributed by atoms with Crippen molar-refractivity contribution in [2.45, 2.75) is 77.0 Å². The van der Waals surface area contributed by atoms with Gasteiger partial charge in [0, 0.05) is 7.26 Å². The monoisotopic (exact) mass is 563 g/mol. The Morgan fingerprint density at radius 1 is 0.268 bits per heavy atom. The van der Waals surface area contributed by atoms with E-state index >= 15 is 0 Å². The van der Waals surface area contributed by atoms with E-state index in [2.05, 4.69) is 121 Å². The highest BCUT2D eigenvalue weighted by Gasteiger charge is 2.35. The zero-order valence-corrected chi connectivity index (χ0v) is 26.2. The Labute approximate surface area is 252 Å². The Kier molecular flexibility index (Phi) is 14.2. The van der Waals surface area contributed by atoms with E-state index in [0.717, 1.165) is 0 Å². The molecule has 4 aromatic carbocycles. The van der Waals surface area contributed by atoms with Crippen LogP contribution in [0.1, 0.15) is 73.6 Å². The molecule has 1 heteroatoms. The summed E-state index contributed by atoms with van der Waals surface area (Å²) in [5, 5.41) is 0. The van der Waals surface area contributed by atoms with E-state index in [-0.39, 0.29) is 0 Å². The Hall–Kier alpha value is -2.69. The van der Waals surface area contributed by atoms with Crippen molar-refractivity contribution >= 4 is 7.26 Å². The molecule has 0 aliphatic carbocycles. The summed E-state index contributed by atoms with van der Waals surface area (Å²) >= 11 is 0. The Morgan fingerprint density at radius 2 is 0.488 bits per heavy atom. The minimum absolute atomic E-state index is 0.981. The van der Waals surface area contributed by atoms with Gasteiger partial charge in [-0.2, -0.15) is 0 Å². The minimum atomic E-state index is -0.981. The van der Waals surface area contributed by atoms with Gasteiger partial charge in [-0.25, -0.2) is 0 Å². The predicted molar refractivity (Wildman–Crippen MR) is 184 cm³/mol. The van der Waals surface area contributed by atoms with Gasteiger partial charge >= 0.3 is 0 Å². The van der Waals surface area contributed by atoms with Crippen LogP contribution >= 0.6 is 7.26 Å². The molecule has 0 saturated heterocycles. The lowest BCUT2D eigenvalue weighted by Crippen LogP contribution is -2.14. The number of hydrogen-bond donors (Lipinski definition) is 0. The first-order valence-corrected chi connectivity index (χ1v) is 18.9. The Bertz CT molecular complexity index is 975. The molecule has 0 aromatic heterocycles. The molecule has 0 aliphatic rings. The minimum Gasteiger partial charge on any atom is -0.0622 e. The topological polar surface area (TPSA) is 0 Å². The molecule has 0 unspecified atom stereocenters. The Balaban J connectivity index is 1.36. The van der Waals surface area contributed by atoms with Crippen LogP contribution in [0.2, 0.25) is 0 Å². The van der Waals surface area contributed by atoms with Crippen molar-refractivity contribution in [1.29, 1.82) is 0 Å². The molecule has 0 saturated carbocycles. The fraction of sp³-hybridized carbons (Fsp3) is 0.400. The number of unbranched alkanes of at least 4 members (excludes halogenated alkanes) is 4. The highest BCUT2D eigenvalue weighted by atomic mass is 31.2. The molecule has 0 atom stereocenters. The summed E-state index contributed by atoms with van der Waals surface area (Å²) in [6.45, 7) is 0. The van der Waals surface area contributed by atoms with Crippen LogP contribution < -0.4 is 0 Å². The van der Waals surface area contributed by atoms with Gasteiger partial charge in [0.25, 0.3) is 0 Å². The maximum absolute atomic E-state index is 2.30. The average molecular weight is 564 g/mol. The molecule has 0 radical (unpaired) electrons. The standard InChI is InChI=1S/C40H52P/c1-5-21-37(22-6-1)29-13-17-33-41(34-18-14-30-38-23-7-2-8-24-38,35-19-15-31-39-25-9-3-10-26-39)36-20-16-32-40-27-11-4-12-28-40/h1-12,21-28H,13-20,29-36H2/q+1. The second-order valence-electron chi connectivity index (χ2n) is 12.0. The quantitative estimate of drug-likeness (QED) is 0.0741. The predicted octanol–water partition coefficient (Wildman–Crippen LogP) is 11.1. The van der Waals surface area contributed by atoms with Gasteiger partial charge in [-0.05, 0) is 99.3 Å². The summed E-state index contributed by atoms with van der Waals surface area (Å²) in [7, 11) is -0.981. The lowest BCUT2D eigenvalue weighted by Gasteiger charge is -2.28. The lowest BCUT2D eigenvalue weighted by atomic mass is 10.1. The van der Waals surface area contributed by atoms with E-state index in [9.17, 15) is 0 Å². The van der Waals surface area contributed by atoms with Gasteiger partial charge in [-0.1, -0.05) is 121 Å². The van der Waals surface area contributed by atoms with Crippen molar-refractivity contribution in [3.8, 4) is 0 Å². The molecule has 4 aromatic rings. The molecule has 0 aliphatic heterocycles. The molecule has 0 spiro atoms. The number of hydrogen-bond acceptors (Lipinski definition) is 0. The largest absolute Gasteiger partial charge is 0.0622 e.